The van der Waals surface area contributed by atoms with E-state index in [2.05, 4.69) is 5.32 Å². The van der Waals surface area contributed by atoms with Crippen LogP contribution >= 0.6 is 0 Å². The van der Waals surface area contributed by atoms with Crippen molar-refractivity contribution in [3.8, 4) is 0 Å². The number of aromatic nitrogens is 1. The zero-order valence-corrected chi connectivity index (χ0v) is 10.8. The van der Waals surface area contributed by atoms with Gasteiger partial charge in [0.2, 0.25) is 0 Å². The lowest BCUT2D eigenvalue weighted by Gasteiger charge is -2.22. The summed E-state index contributed by atoms with van der Waals surface area (Å²) in [6.45, 7) is 0.888. The van der Waals surface area contributed by atoms with E-state index in [-0.39, 0.29) is 11.8 Å². The normalized spacial score (nSPS) is 19.7. The number of nitrogens with zero attached hydrogens (tertiary/aromatic N) is 1. The molecule has 0 bridgehead atoms. The second-order valence-corrected chi connectivity index (χ2v) is 4.98. The predicted octanol–water partition coefficient (Wildman–Crippen LogP) is 1.46. The minimum absolute atomic E-state index is 0.0769. The third kappa shape index (κ3) is 2.10. The lowest BCUT2D eigenvalue weighted by Crippen LogP contribution is -2.40. The fourth-order valence-corrected chi connectivity index (χ4v) is 2.56. The minimum atomic E-state index is -0.407. The van der Waals surface area contributed by atoms with Gasteiger partial charge in [-0.15, -0.1) is 0 Å². The van der Waals surface area contributed by atoms with Crippen molar-refractivity contribution in [2.24, 2.45) is 7.05 Å². The van der Waals surface area contributed by atoms with Gasteiger partial charge in [0.25, 0.3) is 0 Å². The summed E-state index contributed by atoms with van der Waals surface area (Å²) < 4.78 is 6.54. The summed E-state index contributed by atoms with van der Waals surface area (Å²) in [7, 11) is 1.65. The Kier molecular flexibility index (Phi) is 2.98. The molecule has 5 heteroatoms. The zero-order valence-electron chi connectivity index (χ0n) is 10.8. The Balaban J connectivity index is 1.96. The van der Waals surface area contributed by atoms with Crippen LogP contribution in [0.4, 0.5) is 0 Å². The Morgan fingerprint density at radius 2 is 2.26 bits per heavy atom. The van der Waals surface area contributed by atoms with E-state index in [1.54, 1.807) is 25.2 Å². The van der Waals surface area contributed by atoms with Gasteiger partial charge in [0.05, 0.1) is 11.6 Å². The van der Waals surface area contributed by atoms with Crippen LogP contribution in [0.2, 0.25) is 0 Å². The van der Waals surface area contributed by atoms with Crippen molar-refractivity contribution in [3.05, 3.63) is 34.3 Å². The molecule has 0 amide bonds. The number of aryl methyl sites for hydroxylation is 1. The molecule has 1 fully saturated rings. The number of fused-ring (bicyclic) bond motifs is 1. The topological polar surface area (TPSA) is 64.2 Å². The Bertz CT molecular complexity index is 678. The molecule has 1 aromatic heterocycles. The van der Waals surface area contributed by atoms with Crippen LogP contribution in [0.3, 0.4) is 0 Å². The molecule has 100 valence electrons. The van der Waals surface area contributed by atoms with E-state index in [1.165, 1.54) is 4.57 Å². The summed E-state index contributed by atoms with van der Waals surface area (Å²) in [5.74, 6) is -0.330. The van der Waals surface area contributed by atoms with E-state index in [4.69, 9.17) is 4.42 Å². The van der Waals surface area contributed by atoms with E-state index in [0.29, 0.717) is 16.7 Å². The molecule has 19 heavy (non-hydrogen) atoms. The van der Waals surface area contributed by atoms with Crippen LogP contribution in [-0.4, -0.2) is 22.9 Å². The number of benzene rings is 1. The standard InChI is InChI=1S/C14H16N2O3/c1-16-11-6-5-9(8-12(11)19-14(16)18)13(17)10-4-2-3-7-15-10/h5-6,8,10,15H,2-4,7H2,1H3. The first kappa shape index (κ1) is 12.2. The molecule has 1 N–H and O–H groups in total. The van der Waals surface area contributed by atoms with E-state index in [1.807, 2.05) is 0 Å². The van der Waals surface area contributed by atoms with Gasteiger partial charge in [0, 0.05) is 12.6 Å². The number of nitrogens with one attached hydrogen (secondary N) is 1. The Morgan fingerprint density at radius 1 is 1.42 bits per heavy atom. The lowest BCUT2D eigenvalue weighted by molar-refractivity contribution is 0.0927. The number of carbonyl (C=O) groups excluding carboxylic acids is 1. The highest BCUT2D eigenvalue weighted by Gasteiger charge is 2.22. The number of oxazole rings is 1. The summed E-state index contributed by atoms with van der Waals surface area (Å²) in [6, 6.07) is 5.07. The van der Waals surface area contributed by atoms with Crippen LogP contribution in [0.1, 0.15) is 29.6 Å². The van der Waals surface area contributed by atoms with Gasteiger partial charge in [-0.3, -0.25) is 9.36 Å². The van der Waals surface area contributed by atoms with Crippen LogP contribution in [-0.2, 0) is 7.05 Å². The van der Waals surface area contributed by atoms with Crippen molar-refractivity contribution in [1.29, 1.82) is 0 Å². The monoisotopic (exact) mass is 260 g/mol. The van der Waals surface area contributed by atoms with Crippen molar-refractivity contribution >= 4 is 16.9 Å². The van der Waals surface area contributed by atoms with Gasteiger partial charge in [0.15, 0.2) is 11.4 Å². The van der Waals surface area contributed by atoms with Crippen LogP contribution in [0.25, 0.3) is 11.1 Å². The van der Waals surface area contributed by atoms with Crippen molar-refractivity contribution in [2.75, 3.05) is 6.54 Å². The molecule has 0 aliphatic carbocycles. The van der Waals surface area contributed by atoms with Crippen LogP contribution in [0.5, 0.6) is 0 Å². The Morgan fingerprint density at radius 3 is 3.00 bits per heavy atom. The predicted molar refractivity (Wildman–Crippen MR) is 71.4 cm³/mol. The van der Waals surface area contributed by atoms with Crippen molar-refractivity contribution < 1.29 is 9.21 Å². The number of hydrogen-bond acceptors (Lipinski definition) is 4. The van der Waals surface area contributed by atoms with Gasteiger partial charge in [0.1, 0.15) is 0 Å². The van der Waals surface area contributed by atoms with Gasteiger partial charge in [-0.05, 0) is 37.6 Å². The Labute approximate surface area is 110 Å². The SMILES string of the molecule is Cn1c(=O)oc2cc(C(=O)C3CCCCN3)ccc21. The third-order valence-electron chi connectivity index (χ3n) is 3.70. The second-order valence-electron chi connectivity index (χ2n) is 4.98. The van der Waals surface area contributed by atoms with E-state index >= 15 is 0 Å². The molecule has 2 heterocycles. The molecule has 2 aromatic rings. The molecule has 1 aliphatic heterocycles. The molecule has 0 radical (unpaired) electrons. The second kappa shape index (κ2) is 4.66. The number of hydrogen-bond donors (Lipinski definition) is 1. The molecule has 1 aliphatic rings. The third-order valence-corrected chi connectivity index (χ3v) is 3.70. The fraction of sp³-hybridized carbons (Fsp3) is 0.429. The summed E-state index contributed by atoms with van der Waals surface area (Å²) in [5.41, 5.74) is 1.77. The maximum Gasteiger partial charge on any atom is 0.419 e. The molecule has 1 atom stereocenters. The highest BCUT2D eigenvalue weighted by atomic mass is 16.4. The first-order chi connectivity index (χ1) is 9.16. The maximum absolute atomic E-state index is 12.3. The average Bonchev–Trinajstić information content (AvgIpc) is 2.74. The maximum atomic E-state index is 12.3. The number of rotatable bonds is 2. The van der Waals surface area contributed by atoms with E-state index < -0.39 is 5.76 Å². The Hall–Kier alpha value is -1.88. The molecular formula is C14H16N2O3. The summed E-state index contributed by atoms with van der Waals surface area (Å²) >= 11 is 0. The molecule has 1 aromatic carbocycles. The molecule has 3 rings (SSSR count). The van der Waals surface area contributed by atoms with Crippen molar-refractivity contribution in [1.82, 2.24) is 9.88 Å². The van der Waals surface area contributed by atoms with E-state index in [9.17, 15) is 9.59 Å². The van der Waals surface area contributed by atoms with Crippen molar-refractivity contribution in [3.63, 3.8) is 0 Å². The molecule has 0 saturated carbocycles. The zero-order chi connectivity index (χ0) is 13.4. The number of carbonyl (C=O) groups is 1. The quantitative estimate of drug-likeness (QED) is 0.830. The average molecular weight is 260 g/mol. The van der Waals surface area contributed by atoms with Gasteiger partial charge >= 0.3 is 5.76 Å². The lowest BCUT2D eigenvalue weighted by atomic mass is 9.96. The summed E-state index contributed by atoms with van der Waals surface area (Å²) in [4.78, 5) is 23.8. The van der Waals surface area contributed by atoms with Gasteiger partial charge in [-0.1, -0.05) is 6.42 Å². The smallest absolute Gasteiger partial charge is 0.408 e. The molecule has 5 nitrogen and oxygen atoms in total. The number of ketones is 1. The van der Waals surface area contributed by atoms with Crippen LogP contribution in [0, 0.1) is 0 Å². The molecule has 1 unspecified atom stereocenters. The molecular weight excluding hydrogens is 244 g/mol. The number of Topliss-reactive ketones (excluding diaryl/α,β-unsaturated/α-hetero) is 1. The summed E-state index contributed by atoms with van der Waals surface area (Å²) in [5, 5.41) is 3.23. The molecule has 1 saturated heterocycles. The van der Waals surface area contributed by atoms with Crippen molar-refractivity contribution in [2.45, 2.75) is 25.3 Å². The number of piperidine rings is 1. The highest BCUT2D eigenvalue weighted by Crippen LogP contribution is 2.18. The fourth-order valence-electron chi connectivity index (χ4n) is 2.56. The summed E-state index contributed by atoms with van der Waals surface area (Å²) in [6.07, 6.45) is 3.07. The van der Waals surface area contributed by atoms with E-state index in [0.717, 1.165) is 25.8 Å². The minimum Gasteiger partial charge on any atom is -0.408 e. The highest BCUT2D eigenvalue weighted by molar-refractivity contribution is 6.02. The molecule has 0 spiro atoms. The van der Waals surface area contributed by atoms with Crippen LogP contribution < -0.4 is 11.1 Å². The first-order valence-corrected chi connectivity index (χ1v) is 6.54. The first-order valence-electron chi connectivity index (χ1n) is 6.54. The van der Waals surface area contributed by atoms with Gasteiger partial charge < -0.3 is 9.73 Å². The van der Waals surface area contributed by atoms with Crippen LogP contribution in [0.15, 0.2) is 27.4 Å². The van der Waals surface area contributed by atoms with Gasteiger partial charge in [-0.25, -0.2) is 4.79 Å². The van der Waals surface area contributed by atoms with Gasteiger partial charge in [-0.2, -0.15) is 0 Å². The largest absolute Gasteiger partial charge is 0.419 e.